The minimum Gasteiger partial charge on any atom is -0.337 e. The number of aromatic nitrogens is 2. The molecule has 0 spiro atoms. The lowest BCUT2D eigenvalue weighted by molar-refractivity contribution is 0.207. The van der Waals surface area contributed by atoms with Gasteiger partial charge in [0.25, 0.3) is 0 Å². The lowest BCUT2D eigenvalue weighted by atomic mass is 9.94. The molecule has 0 unspecified atom stereocenters. The van der Waals surface area contributed by atoms with Crippen molar-refractivity contribution in [3.8, 4) is 0 Å². The van der Waals surface area contributed by atoms with Crippen molar-refractivity contribution in [1.82, 2.24) is 14.5 Å². The number of imidazole rings is 1. The van der Waals surface area contributed by atoms with E-state index < -0.39 is 0 Å². The lowest BCUT2D eigenvalue weighted by Gasteiger charge is -2.29. The van der Waals surface area contributed by atoms with Gasteiger partial charge in [0, 0.05) is 18.4 Å². The van der Waals surface area contributed by atoms with E-state index in [9.17, 15) is 0 Å². The highest BCUT2D eigenvalue weighted by molar-refractivity contribution is 7.71. The number of rotatable bonds is 4. The fourth-order valence-electron chi connectivity index (χ4n) is 2.78. The Morgan fingerprint density at radius 3 is 2.67 bits per heavy atom. The highest BCUT2D eigenvalue weighted by Gasteiger charge is 2.17. The van der Waals surface area contributed by atoms with E-state index in [1.54, 1.807) is 0 Å². The van der Waals surface area contributed by atoms with Gasteiger partial charge in [-0.2, -0.15) is 0 Å². The second-order valence-corrected chi connectivity index (χ2v) is 6.25. The summed E-state index contributed by atoms with van der Waals surface area (Å²) in [6.45, 7) is 8.03. The van der Waals surface area contributed by atoms with Gasteiger partial charge in [-0.15, -0.1) is 0 Å². The van der Waals surface area contributed by atoms with Gasteiger partial charge in [-0.1, -0.05) is 13.8 Å². The van der Waals surface area contributed by atoms with Crippen LogP contribution in [-0.4, -0.2) is 34.6 Å². The first-order valence-electron chi connectivity index (χ1n) is 7.04. The molecule has 1 aromatic heterocycles. The molecular formula is C14H25N3S. The van der Waals surface area contributed by atoms with E-state index in [0.717, 1.165) is 17.2 Å². The van der Waals surface area contributed by atoms with Crippen LogP contribution in [0, 0.1) is 10.7 Å². The first-order valence-corrected chi connectivity index (χ1v) is 7.45. The second-order valence-electron chi connectivity index (χ2n) is 5.86. The first kappa shape index (κ1) is 13.8. The zero-order valence-corrected chi connectivity index (χ0v) is 12.6. The van der Waals surface area contributed by atoms with Gasteiger partial charge in [0.05, 0.1) is 0 Å². The molecule has 1 N–H and O–H groups in total. The molecule has 1 fully saturated rings. The average molecular weight is 267 g/mol. The first-order chi connectivity index (χ1) is 8.58. The van der Waals surface area contributed by atoms with Crippen molar-refractivity contribution in [2.75, 3.05) is 20.1 Å². The fraction of sp³-hybridized carbons (Fsp3) is 0.786. The van der Waals surface area contributed by atoms with Gasteiger partial charge >= 0.3 is 0 Å². The van der Waals surface area contributed by atoms with Gasteiger partial charge in [0.2, 0.25) is 0 Å². The Morgan fingerprint density at radius 1 is 1.39 bits per heavy atom. The molecule has 0 aliphatic carbocycles. The summed E-state index contributed by atoms with van der Waals surface area (Å²) in [5.41, 5.74) is 1.34. The van der Waals surface area contributed by atoms with Crippen LogP contribution in [0.3, 0.4) is 0 Å². The summed E-state index contributed by atoms with van der Waals surface area (Å²) in [6.07, 6.45) is 6.01. The molecule has 0 radical (unpaired) electrons. The monoisotopic (exact) mass is 267 g/mol. The number of hydrogen-bond donors (Lipinski definition) is 1. The molecule has 18 heavy (non-hydrogen) atoms. The van der Waals surface area contributed by atoms with Gasteiger partial charge in [-0.3, -0.25) is 0 Å². The van der Waals surface area contributed by atoms with E-state index in [2.05, 4.69) is 41.5 Å². The predicted octanol–water partition coefficient (Wildman–Crippen LogP) is 3.40. The Morgan fingerprint density at radius 2 is 2.06 bits per heavy atom. The number of hydrogen-bond acceptors (Lipinski definition) is 2. The largest absolute Gasteiger partial charge is 0.337 e. The van der Waals surface area contributed by atoms with Crippen LogP contribution in [0.2, 0.25) is 0 Å². The number of likely N-dealkylation sites (tertiary alicyclic amines) is 1. The van der Waals surface area contributed by atoms with Gasteiger partial charge in [0.15, 0.2) is 4.77 Å². The van der Waals surface area contributed by atoms with E-state index >= 15 is 0 Å². The molecule has 1 aliphatic heterocycles. The topological polar surface area (TPSA) is 24.0 Å². The molecule has 102 valence electrons. The van der Waals surface area contributed by atoms with Crippen LogP contribution >= 0.6 is 12.2 Å². The summed E-state index contributed by atoms with van der Waals surface area (Å²) in [6, 6.07) is 0. The molecule has 0 aromatic carbocycles. The molecule has 0 saturated carbocycles. The molecule has 0 atom stereocenters. The maximum atomic E-state index is 5.38. The number of H-pyrrole nitrogens is 1. The van der Waals surface area contributed by atoms with Gasteiger partial charge in [0.1, 0.15) is 0 Å². The van der Waals surface area contributed by atoms with Gasteiger partial charge in [-0.25, -0.2) is 0 Å². The number of aromatic amines is 1. The Kier molecular flexibility index (Phi) is 4.62. The van der Waals surface area contributed by atoms with Crippen molar-refractivity contribution >= 4 is 12.2 Å². The Bertz CT molecular complexity index is 424. The standard InChI is InChI=1S/C14H25N3S/c1-11(2)13-10-15-14(18)17(13)9-6-12-4-7-16(3)8-5-12/h10-12H,4-9H2,1-3H3,(H,15,18). The van der Waals surface area contributed by atoms with Crippen LogP contribution in [0.1, 0.15) is 44.7 Å². The zero-order valence-electron chi connectivity index (χ0n) is 11.8. The third kappa shape index (κ3) is 3.23. The molecule has 0 amide bonds. The maximum Gasteiger partial charge on any atom is 0.177 e. The molecule has 1 aliphatic rings. The molecule has 1 saturated heterocycles. The molecule has 2 rings (SSSR count). The van der Waals surface area contributed by atoms with E-state index in [4.69, 9.17) is 12.2 Å². The fourth-order valence-corrected chi connectivity index (χ4v) is 3.04. The quantitative estimate of drug-likeness (QED) is 0.845. The average Bonchev–Trinajstić information content (AvgIpc) is 2.70. The minimum absolute atomic E-state index is 0.537. The summed E-state index contributed by atoms with van der Waals surface area (Å²) < 4.78 is 3.17. The van der Waals surface area contributed by atoms with Crippen molar-refractivity contribution in [3.05, 3.63) is 16.7 Å². The third-order valence-electron chi connectivity index (χ3n) is 4.09. The summed E-state index contributed by atoms with van der Waals surface area (Å²) in [4.78, 5) is 5.61. The molecule has 1 aromatic rings. The van der Waals surface area contributed by atoms with Crippen LogP contribution < -0.4 is 0 Å². The van der Waals surface area contributed by atoms with Gasteiger partial charge in [-0.05, 0) is 63.5 Å². The van der Waals surface area contributed by atoms with Crippen molar-refractivity contribution in [1.29, 1.82) is 0 Å². The number of piperidine rings is 1. The normalized spacial score (nSPS) is 18.7. The van der Waals surface area contributed by atoms with Crippen LogP contribution in [-0.2, 0) is 6.54 Å². The van der Waals surface area contributed by atoms with Crippen LogP contribution in [0.4, 0.5) is 0 Å². The maximum absolute atomic E-state index is 5.38. The van der Waals surface area contributed by atoms with E-state index in [-0.39, 0.29) is 0 Å². The third-order valence-corrected chi connectivity index (χ3v) is 4.43. The van der Waals surface area contributed by atoms with Crippen LogP contribution in [0.25, 0.3) is 0 Å². The summed E-state index contributed by atoms with van der Waals surface area (Å²) in [7, 11) is 2.22. The lowest BCUT2D eigenvalue weighted by Crippen LogP contribution is -2.30. The van der Waals surface area contributed by atoms with Crippen LogP contribution in [0.15, 0.2) is 6.20 Å². The number of nitrogens with zero attached hydrogens (tertiary/aromatic N) is 2. The second kappa shape index (κ2) is 6.02. The molecule has 4 heteroatoms. The van der Waals surface area contributed by atoms with E-state index in [1.165, 1.54) is 38.0 Å². The molecule has 3 nitrogen and oxygen atoms in total. The molecule has 2 heterocycles. The Labute approximate surface area is 115 Å². The highest BCUT2D eigenvalue weighted by atomic mass is 32.1. The Balaban J connectivity index is 1.94. The van der Waals surface area contributed by atoms with Gasteiger partial charge < -0.3 is 14.5 Å². The highest BCUT2D eigenvalue weighted by Crippen LogP contribution is 2.22. The van der Waals surface area contributed by atoms with Crippen LogP contribution in [0.5, 0.6) is 0 Å². The number of nitrogens with one attached hydrogen (secondary N) is 1. The SMILES string of the molecule is CC(C)c1c[nH]c(=S)n1CCC1CCN(C)CC1. The minimum atomic E-state index is 0.537. The molecular weight excluding hydrogens is 242 g/mol. The van der Waals surface area contributed by atoms with E-state index in [0.29, 0.717) is 5.92 Å². The van der Waals surface area contributed by atoms with Crippen molar-refractivity contribution in [2.45, 2.75) is 45.6 Å². The van der Waals surface area contributed by atoms with Crippen molar-refractivity contribution in [2.24, 2.45) is 5.92 Å². The Hall–Kier alpha value is -0.610. The van der Waals surface area contributed by atoms with Crippen molar-refractivity contribution < 1.29 is 0 Å². The summed E-state index contributed by atoms with van der Waals surface area (Å²) >= 11 is 5.38. The van der Waals surface area contributed by atoms with E-state index in [1.807, 2.05) is 0 Å². The summed E-state index contributed by atoms with van der Waals surface area (Å²) in [5, 5.41) is 0. The van der Waals surface area contributed by atoms with Crippen molar-refractivity contribution in [3.63, 3.8) is 0 Å². The molecule has 0 bridgehead atoms. The predicted molar refractivity (Wildman–Crippen MR) is 78.5 cm³/mol. The summed E-state index contributed by atoms with van der Waals surface area (Å²) in [5.74, 6) is 1.41. The zero-order chi connectivity index (χ0) is 13.1. The smallest absolute Gasteiger partial charge is 0.177 e.